The minimum Gasteiger partial charge on any atom is -0.375 e. The van der Waals surface area contributed by atoms with Crippen LogP contribution in [0.25, 0.3) is 0 Å². The molecule has 0 unspecified atom stereocenters. The predicted octanol–water partition coefficient (Wildman–Crippen LogP) is 2.30. The van der Waals surface area contributed by atoms with Crippen LogP contribution in [-0.4, -0.2) is 34.6 Å². The van der Waals surface area contributed by atoms with Crippen LogP contribution in [0.2, 0.25) is 0 Å². The van der Waals surface area contributed by atoms with E-state index >= 15 is 0 Å². The van der Waals surface area contributed by atoms with E-state index in [2.05, 4.69) is 4.72 Å². The highest BCUT2D eigenvalue weighted by Gasteiger charge is 2.25. The lowest BCUT2D eigenvalue weighted by atomic mass is 10.1. The number of benzene rings is 2. The summed E-state index contributed by atoms with van der Waals surface area (Å²) in [7, 11) is -2.21. The van der Waals surface area contributed by atoms with Crippen LogP contribution in [0.4, 0.5) is 15.8 Å². The Kier molecular flexibility index (Phi) is 5.24. The average Bonchev–Trinajstić information content (AvgIpc) is 2.97. The second kappa shape index (κ2) is 7.43. The number of methoxy groups -OCH3 is 1. The Morgan fingerprint density at radius 2 is 2.08 bits per heavy atom. The van der Waals surface area contributed by atoms with E-state index in [1.165, 1.54) is 25.3 Å². The molecule has 0 radical (unpaired) electrons. The quantitative estimate of drug-likeness (QED) is 0.837. The smallest absolute Gasteiger partial charge is 0.252 e. The molecule has 1 amide bonds. The van der Waals surface area contributed by atoms with E-state index in [-0.39, 0.29) is 18.3 Å². The molecule has 0 saturated carbocycles. The van der Waals surface area contributed by atoms with Crippen LogP contribution in [0, 0.1) is 5.82 Å². The monoisotopic (exact) mass is 378 g/mol. The van der Waals surface area contributed by atoms with Crippen LogP contribution in [0.1, 0.15) is 11.1 Å². The van der Waals surface area contributed by atoms with E-state index in [0.29, 0.717) is 24.2 Å². The number of nitrogens with zero attached hydrogens (tertiary/aromatic N) is 1. The van der Waals surface area contributed by atoms with Crippen LogP contribution >= 0.6 is 0 Å². The van der Waals surface area contributed by atoms with Crippen molar-refractivity contribution in [1.29, 1.82) is 0 Å². The Hall–Kier alpha value is -2.45. The molecule has 1 aliphatic rings. The van der Waals surface area contributed by atoms with E-state index in [4.69, 9.17) is 4.74 Å². The van der Waals surface area contributed by atoms with Gasteiger partial charge in [0, 0.05) is 25.0 Å². The molecule has 0 saturated heterocycles. The van der Waals surface area contributed by atoms with Gasteiger partial charge >= 0.3 is 0 Å². The highest BCUT2D eigenvalue weighted by Crippen LogP contribution is 2.31. The molecule has 2 aromatic rings. The van der Waals surface area contributed by atoms with E-state index < -0.39 is 15.8 Å². The van der Waals surface area contributed by atoms with Gasteiger partial charge < -0.3 is 9.64 Å². The summed E-state index contributed by atoms with van der Waals surface area (Å²) in [6.07, 6.45) is 0.643. The van der Waals surface area contributed by atoms with E-state index in [1.807, 2.05) is 0 Å². The molecule has 1 aliphatic heterocycles. The molecule has 3 rings (SSSR count). The Labute approximate surface area is 151 Å². The first-order chi connectivity index (χ1) is 12.4. The van der Waals surface area contributed by atoms with E-state index in [1.54, 1.807) is 29.2 Å². The summed E-state index contributed by atoms with van der Waals surface area (Å²) in [5, 5.41) is 0. The van der Waals surface area contributed by atoms with Crippen molar-refractivity contribution in [3.05, 3.63) is 59.4 Å². The van der Waals surface area contributed by atoms with Crippen LogP contribution in [-0.2, 0) is 31.7 Å². The molecule has 0 aliphatic carbocycles. The molecule has 0 spiro atoms. The van der Waals surface area contributed by atoms with Crippen molar-refractivity contribution in [2.45, 2.75) is 12.2 Å². The number of hydrogen-bond acceptors (Lipinski definition) is 4. The number of anilines is 2. The van der Waals surface area contributed by atoms with Gasteiger partial charge in [0.1, 0.15) is 12.4 Å². The van der Waals surface area contributed by atoms with E-state index in [0.717, 1.165) is 11.3 Å². The number of halogens is 1. The zero-order valence-corrected chi connectivity index (χ0v) is 15.1. The first-order valence-electron chi connectivity index (χ1n) is 8.05. The summed E-state index contributed by atoms with van der Waals surface area (Å²) >= 11 is 0. The molecular formula is C18H19FN2O4S. The van der Waals surface area contributed by atoms with Gasteiger partial charge in [-0.1, -0.05) is 12.1 Å². The van der Waals surface area contributed by atoms with Crippen molar-refractivity contribution in [1.82, 2.24) is 0 Å². The fourth-order valence-electron chi connectivity index (χ4n) is 2.99. The molecule has 2 aromatic carbocycles. The summed E-state index contributed by atoms with van der Waals surface area (Å²) in [6, 6.07) is 10.5. The summed E-state index contributed by atoms with van der Waals surface area (Å²) < 4.78 is 45.3. The van der Waals surface area contributed by atoms with Crippen molar-refractivity contribution in [2.24, 2.45) is 0 Å². The van der Waals surface area contributed by atoms with Crippen molar-refractivity contribution >= 4 is 27.3 Å². The summed E-state index contributed by atoms with van der Waals surface area (Å²) in [4.78, 5) is 13.6. The molecule has 8 heteroatoms. The maximum absolute atomic E-state index is 13.2. The third-order valence-corrected chi connectivity index (χ3v) is 5.32. The number of fused-ring (bicyclic) bond motifs is 1. The molecule has 138 valence electrons. The second-order valence-electron chi connectivity index (χ2n) is 6.06. The predicted molar refractivity (Wildman–Crippen MR) is 97.0 cm³/mol. The Morgan fingerprint density at radius 1 is 1.27 bits per heavy atom. The molecule has 1 heterocycles. The number of sulfonamides is 1. The van der Waals surface area contributed by atoms with Crippen molar-refractivity contribution in [3.8, 4) is 0 Å². The average molecular weight is 378 g/mol. The first-order valence-corrected chi connectivity index (χ1v) is 9.70. The van der Waals surface area contributed by atoms with Gasteiger partial charge in [0.15, 0.2) is 0 Å². The Morgan fingerprint density at radius 3 is 2.81 bits per heavy atom. The molecule has 1 N–H and O–H groups in total. The molecule has 0 bridgehead atoms. The van der Waals surface area contributed by atoms with Crippen LogP contribution < -0.4 is 9.62 Å². The number of rotatable bonds is 6. The number of hydrogen-bond donors (Lipinski definition) is 1. The molecule has 6 nitrogen and oxygen atoms in total. The summed E-state index contributed by atoms with van der Waals surface area (Å²) in [5.41, 5.74) is 2.44. The lowest BCUT2D eigenvalue weighted by Gasteiger charge is -2.17. The van der Waals surface area contributed by atoms with Crippen molar-refractivity contribution in [2.75, 3.05) is 29.9 Å². The second-order valence-corrected chi connectivity index (χ2v) is 7.79. The Bertz CT molecular complexity index is 931. The number of amides is 1. The fourth-order valence-corrected chi connectivity index (χ4v) is 4.16. The normalized spacial score (nSPS) is 13.5. The van der Waals surface area contributed by atoms with Crippen LogP contribution in [0.15, 0.2) is 42.5 Å². The number of carbonyl (C=O) groups is 1. The standard InChI is InChI=1S/C18H19FN2O4S/c1-25-11-18(22)21-8-7-14-10-16(5-6-17(14)21)20-26(23,24)12-13-3-2-4-15(19)9-13/h2-6,9-10,20H,7-8,11-12H2,1H3. The largest absolute Gasteiger partial charge is 0.375 e. The lowest BCUT2D eigenvalue weighted by Crippen LogP contribution is -2.31. The van der Waals surface area contributed by atoms with Gasteiger partial charge in [-0.25, -0.2) is 12.8 Å². The highest BCUT2D eigenvalue weighted by atomic mass is 32.2. The topological polar surface area (TPSA) is 75.7 Å². The van der Waals surface area contributed by atoms with Gasteiger partial charge in [-0.15, -0.1) is 0 Å². The highest BCUT2D eigenvalue weighted by molar-refractivity contribution is 7.91. The van der Waals surface area contributed by atoms with Gasteiger partial charge in [0.05, 0.1) is 5.75 Å². The molecule has 26 heavy (non-hydrogen) atoms. The number of ether oxygens (including phenoxy) is 1. The Balaban J connectivity index is 1.74. The van der Waals surface area contributed by atoms with Crippen molar-refractivity contribution < 1.29 is 22.3 Å². The third-order valence-electron chi connectivity index (χ3n) is 4.06. The van der Waals surface area contributed by atoms with Crippen LogP contribution in [0.5, 0.6) is 0 Å². The minimum atomic E-state index is -3.68. The van der Waals surface area contributed by atoms with Gasteiger partial charge in [-0.3, -0.25) is 9.52 Å². The lowest BCUT2D eigenvalue weighted by molar-refractivity contribution is -0.122. The zero-order chi connectivity index (χ0) is 18.7. The summed E-state index contributed by atoms with van der Waals surface area (Å²) in [6.45, 7) is 0.540. The molecular weight excluding hydrogens is 359 g/mol. The van der Waals surface area contributed by atoms with Crippen molar-refractivity contribution in [3.63, 3.8) is 0 Å². The third kappa shape index (κ3) is 4.20. The van der Waals surface area contributed by atoms with Gasteiger partial charge in [-0.2, -0.15) is 0 Å². The SMILES string of the molecule is COCC(=O)N1CCc2cc(NS(=O)(=O)Cc3cccc(F)c3)ccc21. The molecule has 0 aromatic heterocycles. The number of carbonyl (C=O) groups excluding carboxylic acids is 1. The molecule has 0 atom stereocenters. The van der Waals surface area contributed by atoms with Gasteiger partial charge in [0.25, 0.3) is 5.91 Å². The first kappa shape index (κ1) is 18.3. The van der Waals surface area contributed by atoms with Crippen LogP contribution in [0.3, 0.4) is 0 Å². The maximum atomic E-state index is 13.2. The maximum Gasteiger partial charge on any atom is 0.252 e. The minimum absolute atomic E-state index is 0.00144. The van der Waals surface area contributed by atoms with Gasteiger partial charge in [-0.05, 0) is 47.9 Å². The summed E-state index contributed by atoms with van der Waals surface area (Å²) in [5.74, 6) is -0.929. The fraction of sp³-hybridized carbons (Fsp3) is 0.278. The number of nitrogens with one attached hydrogen (secondary N) is 1. The van der Waals surface area contributed by atoms with Gasteiger partial charge in [0.2, 0.25) is 10.0 Å². The molecule has 0 fully saturated rings. The van der Waals surface area contributed by atoms with E-state index in [9.17, 15) is 17.6 Å². The zero-order valence-electron chi connectivity index (χ0n) is 14.2.